The molecular formula is C10H16O. The number of hydrogen-bond acceptors (Lipinski definition) is 1. The van der Waals surface area contributed by atoms with Crippen molar-refractivity contribution in [2.24, 2.45) is 23.7 Å². The van der Waals surface area contributed by atoms with E-state index in [1.165, 1.54) is 25.7 Å². The lowest BCUT2D eigenvalue weighted by atomic mass is 9.81. The molecule has 1 heteroatoms. The van der Waals surface area contributed by atoms with Gasteiger partial charge in [0.15, 0.2) is 0 Å². The number of rotatable bonds is 0. The minimum Gasteiger partial charge on any atom is -0.393 e. The fraction of sp³-hybridized carbons (Fsp3) is 1.00. The van der Waals surface area contributed by atoms with Gasteiger partial charge in [-0.25, -0.2) is 0 Å². The van der Waals surface area contributed by atoms with Crippen LogP contribution in [-0.2, 0) is 0 Å². The Morgan fingerprint density at radius 3 is 2.55 bits per heavy atom. The summed E-state index contributed by atoms with van der Waals surface area (Å²) in [7, 11) is 0. The molecule has 0 spiro atoms. The summed E-state index contributed by atoms with van der Waals surface area (Å²) in [6.45, 7) is 0. The minimum absolute atomic E-state index is 0.0790. The van der Waals surface area contributed by atoms with Crippen molar-refractivity contribution in [2.75, 3.05) is 0 Å². The van der Waals surface area contributed by atoms with E-state index in [1.807, 2.05) is 0 Å². The zero-order valence-corrected chi connectivity index (χ0v) is 6.87. The summed E-state index contributed by atoms with van der Waals surface area (Å²) >= 11 is 0. The second-order valence-corrected chi connectivity index (χ2v) is 4.72. The van der Waals surface area contributed by atoms with Crippen molar-refractivity contribution in [1.82, 2.24) is 0 Å². The SMILES string of the molecule is O[C@@H]1CC[C@H]2[C@H]3CC[C@H](C3)[C@H]21. The molecule has 0 aromatic heterocycles. The molecule has 3 fully saturated rings. The third-order valence-electron chi connectivity index (χ3n) is 4.40. The normalized spacial score (nSPS) is 60.3. The van der Waals surface area contributed by atoms with Crippen LogP contribution >= 0.6 is 0 Å². The summed E-state index contributed by atoms with van der Waals surface area (Å²) < 4.78 is 0. The predicted molar refractivity (Wildman–Crippen MR) is 43.1 cm³/mol. The van der Waals surface area contributed by atoms with E-state index in [2.05, 4.69) is 0 Å². The molecule has 3 saturated carbocycles. The Morgan fingerprint density at radius 1 is 0.909 bits per heavy atom. The Bertz CT molecular complexity index is 178. The van der Waals surface area contributed by atoms with Crippen LogP contribution in [0, 0.1) is 23.7 Å². The molecule has 0 amide bonds. The molecule has 0 aliphatic heterocycles. The lowest BCUT2D eigenvalue weighted by Gasteiger charge is -2.26. The van der Waals surface area contributed by atoms with Crippen molar-refractivity contribution in [3.63, 3.8) is 0 Å². The van der Waals surface area contributed by atoms with Crippen LogP contribution in [0.15, 0.2) is 0 Å². The molecule has 0 saturated heterocycles. The monoisotopic (exact) mass is 152 g/mol. The molecule has 0 heterocycles. The topological polar surface area (TPSA) is 20.2 Å². The van der Waals surface area contributed by atoms with E-state index in [9.17, 15) is 5.11 Å². The van der Waals surface area contributed by atoms with Gasteiger partial charge < -0.3 is 5.11 Å². The lowest BCUT2D eigenvalue weighted by Crippen LogP contribution is -2.24. The largest absolute Gasteiger partial charge is 0.393 e. The van der Waals surface area contributed by atoms with Crippen LogP contribution in [0.3, 0.4) is 0 Å². The quantitative estimate of drug-likeness (QED) is 0.561. The standard InChI is InChI=1S/C10H16O/c11-9-4-3-8-6-1-2-7(5-6)10(8)9/h6-11H,1-5H2/t6-,7+,8-,9+,10+/m0/s1. The van der Waals surface area contributed by atoms with Gasteiger partial charge in [-0.2, -0.15) is 0 Å². The lowest BCUT2D eigenvalue weighted by molar-refractivity contribution is 0.0863. The summed E-state index contributed by atoms with van der Waals surface area (Å²) in [6.07, 6.45) is 6.85. The Kier molecular flexibility index (Phi) is 1.18. The first-order valence-electron chi connectivity index (χ1n) is 5.04. The van der Waals surface area contributed by atoms with Gasteiger partial charge in [0, 0.05) is 0 Å². The van der Waals surface area contributed by atoms with Gasteiger partial charge in [0.1, 0.15) is 0 Å². The van der Waals surface area contributed by atoms with Crippen LogP contribution in [0.2, 0.25) is 0 Å². The molecule has 0 aromatic carbocycles. The average molecular weight is 152 g/mol. The van der Waals surface area contributed by atoms with E-state index in [0.29, 0.717) is 0 Å². The molecule has 62 valence electrons. The molecule has 3 aliphatic rings. The maximum Gasteiger partial charge on any atom is 0.0573 e. The van der Waals surface area contributed by atoms with Crippen LogP contribution in [0.5, 0.6) is 0 Å². The Labute approximate surface area is 67.8 Å². The van der Waals surface area contributed by atoms with Crippen LogP contribution in [0.4, 0.5) is 0 Å². The van der Waals surface area contributed by atoms with E-state index < -0.39 is 0 Å². The maximum absolute atomic E-state index is 9.72. The molecule has 1 nitrogen and oxygen atoms in total. The maximum atomic E-state index is 9.72. The summed E-state index contributed by atoms with van der Waals surface area (Å²) in [5.41, 5.74) is 0. The third kappa shape index (κ3) is 0.703. The minimum atomic E-state index is 0.0790. The van der Waals surface area contributed by atoms with Crippen molar-refractivity contribution < 1.29 is 5.11 Å². The number of aliphatic hydroxyl groups is 1. The highest BCUT2D eigenvalue weighted by atomic mass is 16.3. The molecule has 0 unspecified atom stereocenters. The molecule has 0 radical (unpaired) electrons. The van der Waals surface area contributed by atoms with Crippen LogP contribution < -0.4 is 0 Å². The second kappa shape index (κ2) is 2.01. The average Bonchev–Trinajstić information content (AvgIpc) is 2.60. The van der Waals surface area contributed by atoms with Crippen molar-refractivity contribution in [3.8, 4) is 0 Å². The smallest absolute Gasteiger partial charge is 0.0573 e. The van der Waals surface area contributed by atoms with Gasteiger partial charge in [0.2, 0.25) is 0 Å². The third-order valence-corrected chi connectivity index (χ3v) is 4.40. The molecule has 5 atom stereocenters. The van der Waals surface area contributed by atoms with Gasteiger partial charge in [-0.05, 0) is 55.8 Å². The van der Waals surface area contributed by atoms with Crippen LogP contribution in [0.25, 0.3) is 0 Å². The first kappa shape index (κ1) is 6.47. The molecule has 11 heavy (non-hydrogen) atoms. The van der Waals surface area contributed by atoms with E-state index in [4.69, 9.17) is 0 Å². The molecule has 3 rings (SSSR count). The highest BCUT2D eigenvalue weighted by Crippen LogP contribution is 2.58. The first-order valence-corrected chi connectivity index (χ1v) is 5.04. The van der Waals surface area contributed by atoms with Gasteiger partial charge in [0.05, 0.1) is 6.10 Å². The fourth-order valence-corrected chi connectivity index (χ4v) is 4.04. The van der Waals surface area contributed by atoms with E-state index >= 15 is 0 Å². The summed E-state index contributed by atoms with van der Waals surface area (Å²) in [6, 6.07) is 0. The summed E-state index contributed by atoms with van der Waals surface area (Å²) in [5.74, 6) is 3.60. The van der Waals surface area contributed by atoms with Gasteiger partial charge in [-0.3, -0.25) is 0 Å². The number of aliphatic hydroxyl groups excluding tert-OH is 1. The van der Waals surface area contributed by atoms with Gasteiger partial charge >= 0.3 is 0 Å². The van der Waals surface area contributed by atoms with Crippen molar-refractivity contribution in [3.05, 3.63) is 0 Å². The van der Waals surface area contributed by atoms with Gasteiger partial charge in [0.25, 0.3) is 0 Å². The number of hydrogen-bond donors (Lipinski definition) is 1. The van der Waals surface area contributed by atoms with Crippen molar-refractivity contribution in [2.45, 2.75) is 38.2 Å². The van der Waals surface area contributed by atoms with Crippen molar-refractivity contribution in [1.29, 1.82) is 0 Å². The van der Waals surface area contributed by atoms with Crippen LogP contribution in [0.1, 0.15) is 32.1 Å². The second-order valence-electron chi connectivity index (χ2n) is 4.72. The molecular weight excluding hydrogens is 136 g/mol. The molecule has 2 bridgehead atoms. The first-order chi connectivity index (χ1) is 5.36. The molecule has 1 N–H and O–H groups in total. The summed E-state index contributed by atoms with van der Waals surface area (Å²) in [4.78, 5) is 0. The summed E-state index contributed by atoms with van der Waals surface area (Å²) in [5, 5.41) is 9.72. The Morgan fingerprint density at radius 2 is 1.73 bits per heavy atom. The number of fused-ring (bicyclic) bond motifs is 5. The van der Waals surface area contributed by atoms with E-state index in [1.54, 1.807) is 0 Å². The molecule has 0 aromatic rings. The predicted octanol–water partition coefficient (Wildman–Crippen LogP) is 1.80. The molecule has 3 aliphatic carbocycles. The van der Waals surface area contributed by atoms with Crippen LogP contribution in [-0.4, -0.2) is 11.2 Å². The zero-order valence-electron chi connectivity index (χ0n) is 6.87. The highest BCUT2D eigenvalue weighted by Gasteiger charge is 2.52. The van der Waals surface area contributed by atoms with Crippen molar-refractivity contribution >= 4 is 0 Å². The highest BCUT2D eigenvalue weighted by molar-refractivity contribution is 5.02. The Hall–Kier alpha value is -0.0400. The zero-order chi connectivity index (χ0) is 7.42. The Balaban J connectivity index is 1.91. The van der Waals surface area contributed by atoms with Gasteiger partial charge in [-0.15, -0.1) is 0 Å². The van der Waals surface area contributed by atoms with E-state index in [0.717, 1.165) is 30.1 Å². The van der Waals surface area contributed by atoms with E-state index in [-0.39, 0.29) is 6.10 Å². The fourth-order valence-electron chi connectivity index (χ4n) is 4.04. The van der Waals surface area contributed by atoms with Gasteiger partial charge in [-0.1, -0.05) is 0 Å².